The zero-order chi connectivity index (χ0) is 15.9. The molecule has 2 saturated heterocycles. The average molecular weight is 331 g/mol. The summed E-state index contributed by atoms with van der Waals surface area (Å²) in [5.74, 6) is 0.468. The van der Waals surface area contributed by atoms with Crippen LogP contribution in [0.2, 0.25) is 0 Å². The molecule has 1 amide bonds. The van der Waals surface area contributed by atoms with Gasteiger partial charge in [-0.3, -0.25) is 9.69 Å². The molecule has 0 radical (unpaired) electrons. The predicted octanol–water partition coefficient (Wildman–Crippen LogP) is 2.93. The van der Waals surface area contributed by atoms with Crippen LogP contribution in [0.1, 0.15) is 40.5 Å². The Morgan fingerprint density at radius 1 is 1.35 bits per heavy atom. The lowest BCUT2D eigenvalue weighted by molar-refractivity contribution is -0.0611. The van der Waals surface area contributed by atoms with Crippen molar-refractivity contribution in [3.63, 3.8) is 0 Å². The number of rotatable bonds is 3. The van der Waals surface area contributed by atoms with Crippen LogP contribution >= 0.6 is 11.3 Å². The van der Waals surface area contributed by atoms with Gasteiger partial charge in [0.2, 0.25) is 0 Å². The summed E-state index contributed by atoms with van der Waals surface area (Å²) in [5, 5.41) is 3.30. The zero-order valence-electron chi connectivity index (χ0n) is 13.3. The quantitative estimate of drug-likeness (QED) is 0.868. The van der Waals surface area contributed by atoms with E-state index in [0.717, 1.165) is 44.0 Å². The van der Waals surface area contributed by atoms with Gasteiger partial charge in [0.1, 0.15) is 0 Å². The van der Waals surface area contributed by atoms with Crippen molar-refractivity contribution in [2.24, 2.45) is 0 Å². The molecule has 2 aliphatic rings. The first-order valence-electron chi connectivity index (χ1n) is 8.15. The van der Waals surface area contributed by atoms with Crippen molar-refractivity contribution in [1.29, 1.82) is 0 Å². The van der Waals surface area contributed by atoms with E-state index in [-0.39, 0.29) is 11.4 Å². The van der Waals surface area contributed by atoms with Gasteiger partial charge >= 0.3 is 0 Å². The van der Waals surface area contributed by atoms with Crippen LogP contribution in [0, 0.1) is 6.92 Å². The van der Waals surface area contributed by atoms with Gasteiger partial charge < -0.3 is 9.32 Å². The number of hydrogen-bond acceptors (Lipinski definition) is 5. The maximum Gasteiger partial charge on any atom is 0.289 e. The largest absolute Gasteiger partial charge is 0.459 e. The second-order valence-electron chi connectivity index (χ2n) is 6.52. The Bertz CT molecular complexity index is 687. The molecule has 0 aromatic carbocycles. The molecular weight excluding hydrogens is 310 g/mol. The van der Waals surface area contributed by atoms with E-state index in [1.807, 2.05) is 4.90 Å². The molecule has 0 saturated carbocycles. The number of thiazole rings is 1. The average Bonchev–Trinajstić information content (AvgIpc) is 3.23. The molecule has 2 aromatic heterocycles. The van der Waals surface area contributed by atoms with Crippen molar-refractivity contribution in [2.75, 3.05) is 19.6 Å². The Hall–Kier alpha value is -1.66. The third-order valence-corrected chi connectivity index (χ3v) is 6.07. The highest BCUT2D eigenvalue weighted by atomic mass is 32.1. The first-order valence-corrected chi connectivity index (χ1v) is 9.03. The van der Waals surface area contributed by atoms with Crippen LogP contribution in [-0.2, 0) is 6.54 Å². The van der Waals surface area contributed by atoms with E-state index in [4.69, 9.17) is 4.42 Å². The number of amides is 1. The lowest BCUT2D eigenvalue weighted by Crippen LogP contribution is -2.63. The molecule has 23 heavy (non-hydrogen) atoms. The van der Waals surface area contributed by atoms with E-state index in [2.05, 4.69) is 22.2 Å². The highest BCUT2D eigenvalue weighted by Crippen LogP contribution is 2.41. The maximum atomic E-state index is 12.4. The summed E-state index contributed by atoms with van der Waals surface area (Å²) in [6.45, 7) is 5.76. The van der Waals surface area contributed by atoms with E-state index in [0.29, 0.717) is 5.76 Å². The number of hydrogen-bond donors (Lipinski definition) is 0. The van der Waals surface area contributed by atoms with Gasteiger partial charge in [-0.15, -0.1) is 11.3 Å². The summed E-state index contributed by atoms with van der Waals surface area (Å²) >= 11 is 1.72. The normalized spacial score (nSPS) is 20.7. The van der Waals surface area contributed by atoms with Crippen LogP contribution in [-0.4, -0.2) is 45.9 Å². The molecule has 122 valence electrons. The van der Waals surface area contributed by atoms with Crippen LogP contribution in [0.5, 0.6) is 0 Å². The molecule has 1 spiro atoms. The van der Waals surface area contributed by atoms with Crippen LogP contribution in [0.3, 0.4) is 0 Å². The fourth-order valence-corrected chi connectivity index (χ4v) is 4.36. The van der Waals surface area contributed by atoms with Crippen molar-refractivity contribution in [1.82, 2.24) is 14.8 Å². The summed E-state index contributed by atoms with van der Waals surface area (Å²) in [5.41, 5.74) is 1.46. The molecule has 5 nitrogen and oxygen atoms in total. The Morgan fingerprint density at radius 3 is 2.70 bits per heavy atom. The second-order valence-corrected chi connectivity index (χ2v) is 7.59. The number of furan rings is 1. The third-order valence-electron chi connectivity index (χ3n) is 5.25. The first kappa shape index (κ1) is 14.9. The molecule has 0 bridgehead atoms. The van der Waals surface area contributed by atoms with E-state index >= 15 is 0 Å². The minimum absolute atomic E-state index is 0.0193. The first-order chi connectivity index (χ1) is 11.2. The lowest BCUT2D eigenvalue weighted by Gasteiger charge is -2.56. The van der Waals surface area contributed by atoms with Crippen molar-refractivity contribution in [3.8, 4) is 0 Å². The Labute approximate surface area is 139 Å². The maximum absolute atomic E-state index is 12.4. The van der Waals surface area contributed by atoms with Gasteiger partial charge in [-0.1, -0.05) is 0 Å². The molecule has 2 aromatic rings. The molecule has 2 fully saturated rings. The third kappa shape index (κ3) is 2.70. The molecule has 0 N–H and O–H groups in total. The van der Waals surface area contributed by atoms with Gasteiger partial charge in [0.25, 0.3) is 5.91 Å². The van der Waals surface area contributed by atoms with E-state index in [1.54, 1.807) is 29.7 Å². The number of likely N-dealkylation sites (tertiary alicyclic amines) is 2. The molecule has 2 aliphatic heterocycles. The summed E-state index contributed by atoms with van der Waals surface area (Å²) < 4.78 is 5.23. The molecule has 4 heterocycles. The number of carbonyl (C=O) groups excluding carboxylic acids is 1. The summed E-state index contributed by atoms with van der Waals surface area (Å²) in [4.78, 5) is 21.4. The van der Waals surface area contributed by atoms with Gasteiger partial charge in [0.05, 0.1) is 17.0 Å². The monoisotopic (exact) mass is 331 g/mol. The second kappa shape index (κ2) is 5.76. The lowest BCUT2D eigenvalue weighted by atomic mass is 9.76. The highest BCUT2D eigenvalue weighted by molar-refractivity contribution is 7.09. The van der Waals surface area contributed by atoms with E-state index < -0.39 is 0 Å². The van der Waals surface area contributed by atoms with E-state index in [1.165, 1.54) is 12.1 Å². The number of nitrogens with zero attached hydrogens (tertiary/aromatic N) is 3. The molecular formula is C17H21N3O2S. The number of aromatic nitrogens is 1. The van der Waals surface area contributed by atoms with E-state index in [9.17, 15) is 4.79 Å². The Morgan fingerprint density at radius 2 is 2.13 bits per heavy atom. The minimum atomic E-state index is 0.0193. The van der Waals surface area contributed by atoms with Gasteiger partial charge in [-0.25, -0.2) is 4.98 Å². The topological polar surface area (TPSA) is 49.6 Å². The molecule has 0 aliphatic carbocycles. The smallest absolute Gasteiger partial charge is 0.289 e. The highest BCUT2D eigenvalue weighted by Gasteiger charge is 2.47. The van der Waals surface area contributed by atoms with Crippen LogP contribution in [0.25, 0.3) is 0 Å². The zero-order valence-corrected chi connectivity index (χ0v) is 14.1. The van der Waals surface area contributed by atoms with Crippen molar-refractivity contribution < 1.29 is 9.21 Å². The predicted molar refractivity (Wildman–Crippen MR) is 88.5 cm³/mol. The minimum Gasteiger partial charge on any atom is -0.459 e. The summed E-state index contributed by atoms with van der Waals surface area (Å²) in [6, 6.07) is 3.51. The molecule has 0 unspecified atom stereocenters. The van der Waals surface area contributed by atoms with Crippen molar-refractivity contribution >= 4 is 17.2 Å². The molecule has 0 atom stereocenters. The van der Waals surface area contributed by atoms with Crippen LogP contribution < -0.4 is 0 Å². The number of carbonyl (C=O) groups is 1. The summed E-state index contributed by atoms with van der Waals surface area (Å²) in [6.07, 6.45) is 4.88. The molecule has 4 rings (SSSR count). The fraction of sp³-hybridized carbons (Fsp3) is 0.529. The SMILES string of the molecule is Cc1nc(CN2CCC23CCN(C(=O)c2ccco2)CC3)cs1. The van der Waals surface area contributed by atoms with Crippen LogP contribution in [0.15, 0.2) is 28.2 Å². The van der Waals surface area contributed by atoms with Crippen molar-refractivity contribution in [2.45, 2.75) is 38.3 Å². The fourth-order valence-electron chi connectivity index (χ4n) is 3.76. The Kier molecular flexibility index (Phi) is 3.73. The van der Waals surface area contributed by atoms with Gasteiger partial charge in [0, 0.05) is 37.1 Å². The summed E-state index contributed by atoms with van der Waals surface area (Å²) in [7, 11) is 0. The Balaban J connectivity index is 1.38. The molecule has 6 heteroatoms. The van der Waals surface area contributed by atoms with Crippen molar-refractivity contribution in [3.05, 3.63) is 40.2 Å². The van der Waals surface area contributed by atoms with Crippen LogP contribution in [0.4, 0.5) is 0 Å². The number of piperidine rings is 1. The number of aryl methyl sites for hydroxylation is 1. The standard InChI is InChI=1S/C17H21N3O2S/c1-13-18-14(12-23-13)11-20-9-6-17(20)4-7-19(8-5-17)16(21)15-3-2-10-22-15/h2-3,10,12H,4-9,11H2,1H3. The van der Waals surface area contributed by atoms with Gasteiger partial charge in [0.15, 0.2) is 5.76 Å². The van der Waals surface area contributed by atoms with Gasteiger partial charge in [-0.2, -0.15) is 0 Å². The van der Waals surface area contributed by atoms with Gasteiger partial charge in [-0.05, 0) is 38.3 Å².